The summed E-state index contributed by atoms with van der Waals surface area (Å²) in [5, 5.41) is 0. The molecule has 3 atom stereocenters. The molecule has 2 rings (SSSR count). The highest BCUT2D eigenvalue weighted by Crippen LogP contribution is 2.41. The fraction of sp³-hybridized carbons (Fsp3) is 0.636. The summed E-state index contributed by atoms with van der Waals surface area (Å²) in [4.78, 5) is 24.2. The van der Waals surface area contributed by atoms with Crippen LogP contribution in [0.3, 0.4) is 0 Å². The number of nitrogens with zero attached hydrogens (tertiary/aromatic N) is 1. The molecule has 2 heterocycles. The largest absolute Gasteiger partial charge is 0.453 e. The summed E-state index contributed by atoms with van der Waals surface area (Å²) in [7, 11) is 1.32. The Morgan fingerprint density at radius 2 is 2.31 bits per heavy atom. The molecule has 2 saturated heterocycles. The minimum atomic E-state index is -0.471. The molecule has 0 spiro atoms. The third-order valence-corrected chi connectivity index (χ3v) is 3.28. The molecule has 0 bridgehead atoms. The predicted octanol–water partition coefficient (Wildman–Crippen LogP) is 1.15. The van der Waals surface area contributed by atoms with E-state index >= 15 is 0 Å². The van der Waals surface area contributed by atoms with Crippen molar-refractivity contribution in [3.8, 4) is 0 Å². The maximum Gasteiger partial charge on any atom is 0.412 e. The zero-order chi connectivity index (χ0) is 11.9. The van der Waals surface area contributed by atoms with Gasteiger partial charge in [0.15, 0.2) is 6.23 Å². The highest BCUT2D eigenvalue weighted by molar-refractivity contribution is 5.75. The van der Waals surface area contributed by atoms with Crippen LogP contribution in [0.2, 0.25) is 0 Å². The number of carbonyl (C=O) groups is 2. The van der Waals surface area contributed by atoms with Crippen molar-refractivity contribution in [2.45, 2.75) is 19.6 Å². The molecular weight excluding hydrogens is 210 g/mol. The van der Waals surface area contributed by atoms with Crippen molar-refractivity contribution >= 4 is 12.1 Å². The summed E-state index contributed by atoms with van der Waals surface area (Å²) < 4.78 is 9.82. The van der Waals surface area contributed by atoms with Crippen LogP contribution in [0.15, 0.2) is 12.2 Å². The number of amides is 1. The van der Waals surface area contributed by atoms with Crippen LogP contribution in [0, 0.1) is 11.8 Å². The van der Waals surface area contributed by atoms with E-state index in [-0.39, 0.29) is 17.8 Å². The topological polar surface area (TPSA) is 55.8 Å². The van der Waals surface area contributed by atoms with Gasteiger partial charge in [0.1, 0.15) is 0 Å². The van der Waals surface area contributed by atoms with Crippen LogP contribution in [0.5, 0.6) is 0 Å². The van der Waals surface area contributed by atoms with Gasteiger partial charge in [0.25, 0.3) is 0 Å². The molecule has 5 nitrogen and oxygen atoms in total. The Labute approximate surface area is 94.0 Å². The Bertz CT molecular complexity index is 352. The number of carbonyl (C=O) groups excluding carboxylic acids is 2. The standard InChI is InChI=1S/C11H15NO4/c1-6(2)8-5-12(11(14)15-3)10-7(8)4-9(13)16-10/h7-8,10H,1,4-5H2,2-3H3/t7-,8+,10?/m0/s1. The van der Waals surface area contributed by atoms with Crippen LogP contribution in [0.25, 0.3) is 0 Å². The number of ether oxygens (including phenoxy) is 2. The Hall–Kier alpha value is -1.52. The minimum absolute atomic E-state index is 0.0316. The normalized spacial score (nSPS) is 32.2. The molecule has 0 aromatic carbocycles. The van der Waals surface area contributed by atoms with Gasteiger partial charge >= 0.3 is 12.1 Å². The van der Waals surface area contributed by atoms with Crippen molar-refractivity contribution in [2.24, 2.45) is 11.8 Å². The van der Waals surface area contributed by atoms with E-state index in [0.717, 1.165) is 5.57 Å². The molecule has 0 radical (unpaired) electrons. The van der Waals surface area contributed by atoms with Crippen molar-refractivity contribution in [1.29, 1.82) is 0 Å². The number of esters is 1. The van der Waals surface area contributed by atoms with Gasteiger partial charge in [-0.15, -0.1) is 0 Å². The van der Waals surface area contributed by atoms with Gasteiger partial charge in [0.05, 0.1) is 13.5 Å². The van der Waals surface area contributed by atoms with Crippen LogP contribution < -0.4 is 0 Å². The highest BCUT2D eigenvalue weighted by Gasteiger charge is 2.51. The fourth-order valence-electron chi connectivity index (χ4n) is 2.47. The first kappa shape index (κ1) is 11.0. The van der Waals surface area contributed by atoms with Gasteiger partial charge in [-0.05, 0) is 6.92 Å². The van der Waals surface area contributed by atoms with Gasteiger partial charge in [-0.25, -0.2) is 4.79 Å². The molecule has 88 valence electrons. The SMILES string of the molecule is C=C(C)[C@H]1CN(C(=O)OC)C2OC(=O)C[C@H]21. The summed E-state index contributed by atoms with van der Waals surface area (Å²) in [6.07, 6.45) is -0.564. The average Bonchev–Trinajstić information content (AvgIpc) is 2.73. The van der Waals surface area contributed by atoms with E-state index in [4.69, 9.17) is 4.74 Å². The molecule has 1 unspecified atom stereocenters. The molecule has 0 aromatic heterocycles. The summed E-state index contributed by atoms with van der Waals surface area (Å²) in [5.41, 5.74) is 0.972. The molecule has 0 aliphatic carbocycles. The third-order valence-electron chi connectivity index (χ3n) is 3.28. The lowest BCUT2D eigenvalue weighted by molar-refractivity contribution is -0.146. The first-order valence-electron chi connectivity index (χ1n) is 5.24. The second-order valence-corrected chi connectivity index (χ2v) is 4.32. The zero-order valence-electron chi connectivity index (χ0n) is 9.43. The quantitative estimate of drug-likeness (QED) is 0.496. The molecule has 5 heteroatoms. The Kier molecular flexibility index (Phi) is 2.61. The Balaban J connectivity index is 2.22. The summed E-state index contributed by atoms with van der Waals surface area (Å²) >= 11 is 0. The number of hydrogen-bond donors (Lipinski definition) is 0. The van der Waals surface area contributed by atoms with E-state index in [1.165, 1.54) is 12.0 Å². The van der Waals surface area contributed by atoms with Crippen LogP contribution in [-0.2, 0) is 14.3 Å². The van der Waals surface area contributed by atoms with Crippen molar-refractivity contribution in [1.82, 2.24) is 4.90 Å². The maximum atomic E-state index is 11.5. The van der Waals surface area contributed by atoms with Gasteiger partial charge in [-0.3, -0.25) is 9.69 Å². The summed E-state index contributed by atoms with van der Waals surface area (Å²) in [6, 6.07) is 0. The second kappa shape index (κ2) is 3.81. The Morgan fingerprint density at radius 3 is 2.88 bits per heavy atom. The first-order valence-corrected chi connectivity index (χ1v) is 5.24. The number of rotatable bonds is 1. The fourth-order valence-corrected chi connectivity index (χ4v) is 2.47. The zero-order valence-corrected chi connectivity index (χ0v) is 9.43. The molecular formula is C11H15NO4. The smallest absolute Gasteiger partial charge is 0.412 e. The lowest BCUT2D eigenvalue weighted by atomic mass is 9.88. The third kappa shape index (κ3) is 1.56. The van der Waals surface area contributed by atoms with Crippen molar-refractivity contribution in [3.63, 3.8) is 0 Å². The predicted molar refractivity (Wildman–Crippen MR) is 55.4 cm³/mol. The van der Waals surface area contributed by atoms with Crippen molar-refractivity contribution in [3.05, 3.63) is 12.2 Å². The summed E-state index contributed by atoms with van der Waals surface area (Å²) in [5.74, 6) is -0.102. The van der Waals surface area contributed by atoms with E-state index < -0.39 is 12.3 Å². The van der Waals surface area contributed by atoms with Gasteiger partial charge in [-0.2, -0.15) is 0 Å². The van der Waals surface area contributed by atoms with Crippen LogP contribution in [0.4, 0.5) is 4.79 Å². The van der Waals surface area contributed by atoms with Crippen molar-refractivity contribution in [2.75, 3.05) is 13.7 Å². The van der Waals surface area contributed by atoms with E-state index in [1.807, 2.05) is 6.92 Å². The summed E-state index contributed by atoms with van der Waals surface area (Å²) in [6.45, 7) is 6.32. The van der Waals surface area contributed by atoms with E-state index in [0.29, 0.717) is 13.0 Å². The first-order chi connectivity index (χ1) is 7.54. The lowest BCUT2D eigenvalue weighted by Gasteiger charge is -2.20. The monoisotopic (exact) mass is 225 g/mol. The molecule has 0 N–H and O–H groups in total. The van der Waals surface area contributed by atoms with E-state index in [2.05, 4.69) is 11.3 Å². The van der Waals surface area contributed by atoms with Crippen LogP contribution >= 0.6 is 0 Å². The number of methoxy groups -OCH3 is 1. The van der Waals surface area contributed by atoms with Crippen LogP contribution in [-0.4, -0.2) is 36.8 Å². The molecule has 0 saturated carbocycles. The number of fused-ring (bicyclic) bond motifs is 1. The van der Waals surface area contributed by atoms with Gasteiger partial charge in [-0.1, -0.05) is 12.2 Å². The molecule has 1 amide bonds. The van der Waals surface area contributed by atoms with Gasteiger partial charge in [0.2, 0.25) is 0 Å². The lowest BCUT2D eigenvalue weighted by Crippen LogP contribution is -2.37. The number of hydrogen-bond acceptors (Lipinski definition) is 4. The molecule has 2 fully saturated rings. The maximum absolute atomic E-state index is 11.5. The Morgan fingerprint density at radius 1 is 1.62 bits per heavy atom. The van der Waals surface area contributed by atoms with Gasteiger partial charge in [0, 0.05) is 18.4 Å². The average molecular weight is 225 g/mol. The molecule has 0 aromatic rings. The van der Waals surface area contributed by atoms with Gasteiger partial charge < -0.3 is 9.47 Å². The van der Waals surface area contributed by atoms with Crippen LogP contribution in [0.1, 0.15) is 13.3 Å². The highest BCUT2D eigenvalue weighted by atomic mass is 16.6. The van der Waals surface area contributed by atoms with E-state index in [9.17, 15) is 9.59 Å². The minimum Gasteiger partial charge on any atom is -0.453 e. The molecule has 2 aliphatic rings. The second-order valence-electron chi connectivity index (χ2n) is 4.32. The number of likely N-dealkylation sites (tertiary alicyclic amines) is 1. The van der Waals surface area contributed by atoms with E-state index in [1.54, 1.807) is 0 Å². The van der Waals surface area contributed by atoms with Crippen molar-refractivity contribution < 1.29 is 19.1 Å². The molecule has 2 aliphatic heterocycles. The molecule has 16 heavy (non-hydrogen) atoms.